The van der Waals surface area contributed by atoms with Gasteiger partial charge in [0, 0.05) is 17.8 Å². The zero-order chi connectivity index (χ0) is 22.9. The SMILES string of the molecule is COc1cc(C(=O)Nc2ccc(CCN(C)C)cc2)cc(OC)c1OCc1ccccc1. The highest BCUT2D eigenvalue weighted by molar-refractivity contribution is 6.05. The summed E-state index contributed by atoms with van der Waals surface area (Å²) >= 11 is 0. The average molecular weight is 435 g/mol. The van der Waals surface area contributed by atoms with Gasteiger partial charge in [-0.25, -0.2) is 0 Å². The normalized spacial score (nSPS) is 10.7. The predicted molar refractivity (Wildman–Crippen MR) is 127 cm³/mol. The summed E-state index contributed by atoms with van der Waals surface area (Å²) in [5.41, 5.74) is 3.39. The Morgan fingerprint density at radius 1 is 0.875 bits per heavy atom. The summed E-state index contributed by atoms with van der Waals surface area (Å²) in [6, 6.07) is 21.0. The lowest BCUT2D eigenvalue weighted by Gasteiger charge is -2.16. The molecule has 0 saturated carbocycles. The molecule has 0 aliphatic rings. The smallest absolute Gasteiger partial charge is 0.255 e. The van der Waals surface area contributed by atoms with Crippen molar-refractivity contribution in [3.63, 3.8) is 0 Å². The molecular formula is C26H30N2O4. The van der Waals surface area contributed by atoms with Crippen LogP contribution in [-0.2, 0) is 13.0 Å². The molecule has 0 spiro atoms. The predicted octanol–water partition coefficient (Wildman–Crippen LogP) is 4.64. The molecule has 0 atom stereocenters. The second-order valence-corrected chi connectivity index (χ2v) is 7.69. The first kappa shape index (κ1) is 23.2. The summed E-state index contributed by atoms with van der Waals surface area (Å²) in [6.45, 7) is 1.34. The molecule has 6 nitrogen and oxygen atoms in total. The van der Waals surface area contributed by atoms with Crippen LogP contribution in [0.15, 0.2) is 66.7 Å². The van der Waals surface area contributed by atoms with Crippen LogP contribution in [0.5, 0.6) is 17.2 Å². The van der Waals surface area contributed by atoms with E-state index in [4.69, 9.17) is 14.2 Å². The van der Waals surface area contributed by atoms with Crippen LogP contribution in [0.3, 0.4) is 0 Å². The highest BCUT2D eigenvalue weighted by Gasteiger charge is 2.18. The maximum absolute atomic E-state index is 12.9. The molecule has 3 rings (SSSR count). The number of likely N-dealkylation sites (N-methyl/N-ethyl adjacent to an activating group) is 1. The molecule has 1 N–H and O–H groups in total. The minimum absolute atomic E-state index is 0.253. The number of nitrogens with one attached hydrogen (secondary N) is 1. The first-order valence-electron chi connectivity index (χ1n) is 10.5. The number of hydrogen-bond acceptors (Lipinski definition) is 5. The molecule has 0 bridgehead atoms. The first-order valence-corrected chi connectivity index (χ1v) is 10.5. The standard InChI is InChI=1S/C26H30N2O4/c1-28(2)15-14-19-10-12-22(13-11-19)27-26(29)21-16-23(30-3)25(24(17-21)31-4)32-18-20-8-6-5-7-9-20/h5-13,16-17H,14-15,18H2,1-4H3,(H,27,29). The zero-order valence-corrected chi connectivity index (χ0v) is 19.1. The topological polar surface area (TPSA) is 60.0 Å². The van der Waals surface area contributed by atoms with Gasteiger partial charge in [0.15, 0.2) is 11.5 Å². The molecule has 6 heteroatoms. The molecule has 0 unspecified atom stereocenters. The largest absolute Gasteiger partial charge is 0.493 e. The Bertz CT molecular complexity index is 993. The molecular weight excluding hydrogens is 404 g/mol. The van der Waals surface area contributed by atoms with Crippen molar-refractivity contribution in [3.8, 4) is 17.2 Å². The van der Waals surface area contributed by atoms with E-state index in [0.717, 1.165) is 24.2 Å². The van der Waals surface area contributed by atoms with Gasteiger partial charge in [-0.1, -0.05) is 42.5 Å². The van der Waals surface area contributed by atoms with Crippen LogP contribution in [0, 0.1) is 0 Å². The van der Waals surface area contributed by atoms with Crippen molar-refractivity contribution in [1.29, 1.82) is 0 Å². The summed E-state index contributed by atoms with van der Waals surface area (Å²) in [6.07, 6.45) is 0.958. The summed E-state index contributed by atoms with van der Waals surface area (Å²) < 4.78 is 16.9. The third-order valence-corrected chi connectivity index (χ3v) is 5.01. The summed E-state index contributed by atoms with van der Waals surface area (Å²) in [4.78, 5) is 15.0. The van der Waals surface area contributed by atoms with E-state index >= 15 is 0 Å². The molecule has 32 heavy (non-hydrogen) atoms. The number of methoxy groups -OCH3 is 2. The van der Waals surface area contributed by atoms with E-state index in [1.165, 1.54) is 19.8 Å². The van der Waals surface area contributed by atoms with Gasteiger partial charge in [0.2, 0.25) is 5.75 Å². The Morgan fingerprint density at radius 2 is 1.50 bits per heavy atom. The van der Waals surface area contributed by atoms with Gasteiger partial charge < -0.3 is 24.4 Å². The molecule has 3 aromatic rings. The monoisotopic (exact) mass is 434 g/mol. The Hall–Kier alpha value is -3.51. The van der Waals surface area contributed by atoms with E-state index in [1.54, 1.807) is 12.1 Å². The highest BCUT2D eigenvalue weighted by atomic mass is 16.5. The summed E-state index contributed by atoms with van der Waals surface area (Å²) in [7, 11) is 7.18. The van der Waals surface area contributed by atoms with Crippen LogP contribution >= 0.6 is 0 Å². The Balaban J connectivity index is 1.73. The molecule has 0 fully saturated rings. The van der Waals surface area contributed by atoms with Crippen LogP contribution in [-0.4, -0.2) is 45.7 Å². The maximum atomic E-state index is 12.9. The molecule has 0 radical (unpaired) electrons. The van der Waals surface area contributed by atoms with E-state index in [2.05, 4.69) is 24.3 Å². The number of ether oxygens (including phenoxy) is 3. The van der Waals surface area contributed by atoms with Gasteiger partial charge in [-0.3, -0.25) is 4.79 Å². The number of carbonyl (C=O) groups is 1. The minimum atomic E-state index is -0.253. The van der Waals surface area contributed by atoms with E-state index in [9.17, 15) is 4.79 Å². The lowest BCUT2D eigenvalue weighted by molar-refractivity contribution is 0.102. The second-order valence-electron chi connectivity index (χ2n) is 7.69. The fourth-order valence-corrected chi connectivity index (χ4v) is 3.19. The zero-order valence-electron chi connectivity index (χ0n) is 19.1. The van der Waals surface area contributed by atoms with Crippen molar-refractivity contribution in [2.75, 3.05) is 40.2 Å². The molecule has 3 aromatic carbocycles. The number of nitrogens with zero attached hydrogens (tertiary/aromatic N) is 1. The maximum Gasteiger partial charge on any atom is 0.255 e. The van der Waals surface area contributed by atoms with E-state index < -0.39 is 0 Å². The van der Waals surface area contributed by atoms with Gasteiger partial charge in [-0.05, 0) is 55.9 Å². The third-order valence-electron chi connectivity index (χ3n) is 5.01. The van der Waals surface area contributed by atoms with Crippen molar-refractivity contribution in [2.24, 2.45) is 0 Å². The Labute approximate surface area is 189 Å². The molecule has 0 aliphatic heterocycles. The summed E-state index contributed by atoms with van der Waals surface area (Å²) in [5.74, 6) is 1.08. The highest BCUT2D eigenvalue weighted by Crippen LogP contribution is 2.39. The number of carbonyl (C=O) groups excluding carboxylic acids is 1. The van der Waals surface area contributed by atoms with E-state index in [1.807, 2.05) is 54.6 Å². The van der Waals surface area contributed by atoms with Gasteiger partial charge in [-0.2, -0.15) is 0 Å². The van der Waals surface area contributed by atoms with Crippen LogP contribution in [0.25, 0.3) is 0 Å². The van der Waals surface area contributed by atoms with E-state index in [0.29, 0.717) is 29.4 Å². The number of amides is 1. The van der Waals surface area contributed by atoms with Crippen molar-refractivity contribution < 1.29 is 19.0 Å². The minimum Gasteiger partial charge on any atom is -0.493 e. The molecule has 1 amide bonds. The van der Waals surface area contributed by atoms with Crippen molar-refractivity contribution >= 4 is 11.6 Å². The summed E-state index contributed by atoms with van der Waals surface area (Å²) in [5, 5.41) is 2.93. The van der Waals surface area contributed by atoms with Crippen LogP contribution < -0.4 is 19.5 Å². The lowest BCUT2D eigenvalue weighted by Crippen LogP contribution is -2.15. The van der Waals surface area contributed by atoms with Crippen LogP contribution in [0.2, 0.25) is 0 Å². The fourth-order valence-electron chi connectivity index (χ4n) is 3.19. The van der Waals surface area contributed by atoms with Crippen molar-refractivity contribution in [1.82, 2.24) is 4.90 Å². The quantitative estimate of drug-likeness (QED) is 0.504. The van der Waals surface area contributed by atoms with Gasteiger partial charge in [0.25, 0.3) is 5.91 Å². The fraction of sp³-hybridized carbons (Fsp3) is 0.269. The average Bonchev–Trinajstić information content (AvgIpc) is 2.82. The van der Waals surface area contributed by atoms with Crippen LogP contribution in [0.1, 0.15) is 21.5 Å². The number of anilines is 1. The molecule has 0 heterocycles. The molecule has 0 saturated heterocycles. The van der Waals surface area contributed by atoms with Gasteiger partial charge in [0.05, 0.1) is 14.2 Å². The first-order chi connectivity index (χ1) is 15.5. The Kier molecular flexibility index (Phi) is 8.11. The molecule has 0 aromatic heterocycles. The van der Waals surface area contributed by atoms with Gasteiger partial charge >= 0.3 is 0 Å². The number of hydrogen-bond donors (Lipinski definition) is 1. The number of benzene rings is 3. The third kappa shape index (κ3) is 6.25. The van der Waals surface area contributed by atoms with Crippen molar-refractivity contribution in [2.45, 2.75) is 13.0 Å². The van der Waals surface area contributed by atoms with E-state index in [-0.39, 0.29) is 5.91 Å². The van der Waals surface area contributed by atoms with Crippen LogP contribution in [0.4, 0.5) is 5.69 Å². The second kappa shape index (κ2) is 11.2. The molecule has 168 valence electrons. The van der Waals surface area contributed by atoms with Crippen molar-refractivity contribution in [3.05, 3.63) is 83.4 Å². The lowest BCUT2D eigenvalue weighted by atomic mass is 10.1. The molecule has 0 aliphatic carbocycles. The number of rotatable bonds is 10. The van der Waals surface area contributed by atoms with Gasteiger partial charge in [-0.15, -0.1) is 0 Å². The van der Waals surface area contributed by atoms with Gasteiger partial charge in [0.1, 0.15) is 6.61 Å². The Morgan fingerprint density at radius 3 is 2.06 bits per heavy atom.